The molecule has 1 aromatic rings. The van der Waals surface area contributed by atoms with Crippen molar-refractivity contribution in [2.45, 2.75) is 23.9 Å². The van der Waals surface area contributed by atoms with E-state index in [9.17, 15) is 27.1 Å². The Morgan fingerprint density at radius 3 is 2.33 bits per heavy atom. The second-order valence-electron chi connectivity index (χ2n) is 4.19. The first-order chi connectivity index (χ1) is 8.18. The maximum atomic E-state index is 13.7. The highest BCUT2D eigenvalue weighted by Crippen LogP contribution is 2.61. The van der Waals surface area contributed by atoms with Crippen LogP contribution in [0, 0.1) is 5.82 Å². The molecular weight excluding hydrogens is 255 g/mol. The molecule has 18 heavy (non-hydrogen) atoms. The minimum absolute atomic E-state index is 0.508. The van der Waals surface area contributed by atoms with Crippen molar-refractivity contribution in [2.75, 3.05) is 0 Å². The van der Waals surface area contributed by atoms with Crippen LogP contribution >= 0.6 is 0 Å². The predicted octanol–water partition coefficient (Wildman–Crippen LogP) is 3.33. The monoisotopic (exact) mass is 264 g/mol. The van der Waals surface area contributed by atoms with Crippen molar-refractivity contribution in [3.8, 4) is 0 Å². The van der Waals surface area contributed by atoms with Crippen LogP contribution in [0.2, 0.25) is 0 Å². The molecule has 6 heteroatoms. The van der Waals surface area contributed by atoms with E-state index in [0.717, 1.165) is 6.08 Å². The zero-order valence-electron chi connectivity index (χ0n) is 9.06. The third kappa shape index (κ3) is 1.29. The average molecular weight is 264 g/mol. The zero-order chi connectivity index (χ0) is 13.8. The Balaban J connectivity index is 2.77. The Labute approximate surface area is 99.5 Å². The number of alkyl halides is 4. The van der Waals surface area contributed by atoms with Crippen LogP contribution in [0.15, 0.2) is 30.9 Å². The first kappa shape index (κ1) is 13.0. The van der Waals surface area contributed by atoms with E-state index < -0.39 is 40.8 Å². The Kier molecular flexibility index (Phi) is 2.56. The molecule has 1 nitrogen and oxygen atoms in total. The minimum atomic E-state index is -4.72. The van der Waals surface area contributed by atoms with Crippen molar-refractivity contribution < 1.29 is 27.1 Å². The van der Waals surface area contributed by atoms with Crippen molar-refractivity contribution in [2.24, 2.45) is 0 Å². The van der Waals surface area contributed by atoms with Gasteiger partial charge < -0.3 is 5.11 Å². The van der Waals surface area contributed by atoms with Gasteiger partial charge in [-0.2, -0.15) is 17.6 Å². The van der Waals surface area contributed by atoms with Gasteiger partial charge in [-0.3, -0.25) is 0 Å². The summed E-state index contributed by atoms with van der Waals surface area (Å²) in [7, 11) is 0. The molecule has 1 aliphatic carbocycles. The van der Waals surface area contributed by atoms with E-state index in [1.54, 1.807) is 0 Å². The van der Waals surface area contributed by atoms with Crippen molar-refractivity contribution in [1.82, 2.24) is 0 Å². The Hall–Kier alpha value is -1.43. The van der Waals surface area contributed by atoms with E-state index in [4.69, 9.17) is 0 Å². The molecule has 1 aliphatic rings. The highest BCUT2D eigenvalue weighted by atomic mass is 19.3. The number of hydrogen-bond donors (Lipinski definition) is 1. The lowest BCUT2D eigenvalue weighted by atomic mass is 9.89. The summed E-state index contributed by atoms with van der Waals surface area (Å²) in [6, 6.07) is 1.73. The molecule has 0 unspecified atom stereocenters. The second kappa shape index (κ2) is 3.54. The van der Waals surface area contributed by atoms with Gasteiger partial charge in [0, 0.05) is 17.5 Å². The maximum Gasteiger partial charge on any atom is 0.346 e. The smallest absolute Gasteiger partial charge is 0.346 e. The minimum Gasteiger partial charge on any atom is -0.378 e. The zero-order valence-corrected chi connectivity index (χ0v) is 9.06. The Bertz CT molecular complexity index is 511. The molecule has 0 radical (unpaired) electrons. The topological polar surface area (TPSA) is 20.2 Å². The van der Waals surface area contributed by atoms with E-state index >= 15 is 0 Å². The summed E-state index contributed by atoms with van der Waals surface area (Å²) in [5.41, 5.74) is -4.99. The summed E-state index contributed by atoms with van der Waals surface area (Å²) < 4.78 is 67.6. The van der Waals surface area contributed by atoms with Crippen LogP contribution in [0.3, 0.4) is 0 Å². The summed E-state index contributed by atoms with van der Waals surface area (Å²) in [5, 5.41) is 9.86. The number of aliphatic hydroxyl groups is 1. The van der Waals surface area contributed by atoms with Crippen molar-refractivity contribution in [1.29, 1.82) is 0 Å². The molecule has 0 amide bonds. The molecule has 0 heterocycles. The number of rotatable bonds is 2. The van der Waals surface area contributed by atoms with Crippen molar-refractivity contribution in [3.63, 3.8) is 0 Å². The lowest BCUT2D eigenvalue weighted by Gasteiger charge is -2.31. The lowest BCUT2D eigenvalue weighted by Crippen LogP contribution is -2.48. The third-order valence-corrected chi connectivity index (χ3v) is 3.12. The van der Waals surface area contributed by atoms with Crippen LogP contribution in [-0.4, -0.2) is 11.0 Å². The van der Waals surface area contributed by atoms with Gasteiger partial charge in [-0.05, 0) is 18.2 Å². The lowest BCUT2D eigenvalue weighted by molar-refractivity contribution is -0.285. The first-order valence-corrected chi connectivity index (χ1v) is 5.08. The fourth-order valence-corrected chi connectivity index (χ4v) is 2.18. The van der Waals surface area contributed by atoms with Gasteiger partial charge in [0.25, 0.3) is 0 Å². The van der Waals surface area contributed by atoms with Gasteiger partial charge in [0.15, 0.2) is 5.60 Å². The van der Waals surface area contributed by atoms with Crippen LogP contribution in [-0.2, 0) is 11.5 Å². The number of hydrogen-bond acceptors (Lipinski definition) is 1. The summed E-state index contributed by atoms with van der Waals surface area (Å²) in [6.45, 7) is 3.15. The highest BCUT2D eigenvalue weighted by Gasteiger charge is 2.75. The van der Waals surface area contributed by atoms with Crippen LogP contribution < -0.4 is 0 Å². The summed E-state index contributed by atoms with van der Waals surface area (Å²) >= 11 is 0. The molecule has 0 aliphatic heterocycles. The molecule has 0 saturated heterocycles. The van der Waals surface area contributed by atoms with E-state index in [0.29, 0.717) is 18.2 Å². The average Bonchev–Trinajstić information content (AvgIpc) is 2.37. The molecule has 0 bridgehead atoms. The van der Waals surface area contributed by atoms with Gasteiger partial charge in [-0.25, -0.2) is 4.39 Å². The van der Waals surface area contributed by atoms with Crippen LogP contribution in [0.5, 0.6) is 0 Å². The molecular formula is C12H9F5O. The molecule has 1 atom stereocenters. The van der Waals surface area contributed by atoms with Gasteiger partial charge in [0.05, 0.1) is 0 Å². The molecule has 98 valence electrons. The number of benzene rings is 1. The van der Waals surface area contributed by atoms with E-state index in [-0.39, 0.29) is 0 Å². The SMILES string of the molecule is C=CC[C@@]1(O)c2cc(F)ccc2C(F)(F)C1(F)F. The van der Waals surface area contributed by atoms with Gasteiger partial charge in [-0.1, -0.05) is 6.08 Å². The fraction of sp³-hybridized carbons (Fsp3) is 0.333. The molecule has 1 aromatic carbocycles. The molecule has 1 N–H and O–H groups in total. The predicted molar refractivity (Wildman–Crippen MR) is 54.0 cm³/mol. The largest absolute Gasteiger partial charge is 0.378 e. The van der Waals surface area contributed by atoms with Crippen molar-refractivity contribution >= 4 is 0 Å². The number of fused-ring (bicyclic) bond motifs is 1. The van der Waals surface area contributed by atoms with Gasteiger partial charge in [0.2, 0.25) is 0 Å². The van der Waals surface area contributed by atoms with Crippen LogP contribution in [0.1, 0.15) is 17.5 Å². The standard InChI is InChI=1S/C12H9F5O/c1-2-5-10(18)9-6-7(13)3-4-8(9)11(14,15)12(10,16)17/h2-4,6,18H,1,5H2/t10-/m1/s1. The second-order valence-corrected chi connectivity index (χ2v) is 4.19. The summed E-state index contributed by atoms with van der Waals surface area (Å²) in [4.78, 5) is 0. The summed E-state index contributed by atoms with van der Waals surface area (Å²) in [6.07, 6.45) is 0.0933. The molecule has 0 spiro atoms. The fourth-order valence-electron chi connectivity index (χ4n) is 2.18. The van der Waals surface area contributed by atoms with E-state index in [1.165, 1.54) is 0 Å². The molecule has 0 aromatic heterocycles. The molecule has 0 saturated carbocycles. The Morgan fingerprint density at radius 2 is 1.78 bits per heavy atom. The van der Waals surface area contributed by atoms with Crippen LogP contribution in [0.25, 0.3) is 0 Å². The summed E-state index contributed by atoms with van der Waals surface area (Å²) in [5.74, 6) is -10.2. The van der Waals surface area contributed by atoms with E-state index in [2.05, 4.69) is 6.58 Å². The Morgan fingerprint density at radius 1 is 1.17 bits per heavy atom. The maximum absolute atomic E-state index is 13.7. The quantitative estimate of drug-likeness (QED) is 0.641. The van der Waals surface area contributed by atoms with Gasteiger partial charge in [0.1, 0.15) is 5.82 Å². The van der Waals surface area contributed by atoms with Crippen LogP contribution in [0.4, 0.5) is 22.0 Å². The number of halogens is 5. The first-order valence-electron chi connectivity index (χ1n) is 5.08. The normalized spacial score (nSPS) is 27.9. The highest BCUT2D eigenvalue weighted by molar-refractivity contribution is 5.46. The van der Waals surface area contributed by atoms with Gasteiger partial charge >= 0.3 is 11.8 Å². The molecule has 0 fully saturated rings. The van der Waals surface area contributed by atoms with E-state index in [1.807, 2.05) is 0 Å². The van der Waals surface area contributed by atoms with Crippen molar-refractivity contribution in [3.05, 3.63) is 47.8 Å². The van der Waals surface area contributed by atoms with Gasteiger partial charge in [-0.15, -0.1) is 6.58 Å². The third-order valence-electron chi connectivity index (χ3n) is 3.12. The molecule has 2 rings (SSSR count).